The molecule has 31 heavy (non-hydrogen) atoms. The maximum absolute atomic E-state index is 13.9. The number of hydrogen-bond acceptors (Lipinski definition) is 2. The Morgan fingerprint density at radius 2 is 1.68 bits per heavy atom. The molecule has 0 fully saturated rings. The normalized spacial score (nSPS) is 16.3. The third kappa shape index (κ3) is 6.85. The number of fused-ring (bicyclic) bond motifs is 1. The monoisotopic (exact) mass is 432 g/mol. The highest BCUT2D eigenvalue weighted by atomic mass is 19.1. The molecule has 1 aliphatic carbocycles. The molecule has 0 aliphatic heterocycles. The molecule has 0 radical (unpaired) electrons. The summed E-state index contributed by atoms with van der Waals surface area (Å²) in [6.07, 6.45) is 3.22. The number of halogens is 2. The minimum atomic E-state index is -0.161. The van der Waals surface area contributed by atoms with Crippen molar-refractivity contribution in [2.24, 2.45) is 0 Å². The molecule has 0 amide bonds. The van der Waals surface area contributed by atoms with E-state index in [1.54, 1.807) is 6.07 Å². The standard InChI is InChI=1S/C13H20FN.C12H16FN.C2H6/c1-9(15-5)10-7-6-8-11(14)12(10)13(2,3)4;1-8-6-7-9-4-3-5-10(14-2)11(9)12(8)13;1-2/h6-9,15H,1-5H3;6-7,10,14H,3-5H2,1-2H3;1-2H3. The van der Waals surface area contributed by atoms with Crippen molar-refractivity contribution in [2.45, 2.75) is 85.2 Å². The zero-order chi connectivity index (χ0) is 23.8. The van der Waals surface area contributed by atoms with Gasteiger partial charge in [0.25, 0.3) is 0 Å². The number of hydrogen-bond donors (Lipinski definition) is 2. The van der Waals surface area contributed by atoms with Crippen molar-refractivity contribution in [1.29, 1.82) is 0 Å². The van der Waals surface area contributed by atoms with Crippen LogP contribution in [0.4, 0.5) is 8.78 Å². The second-order valence-electron chi connectivity index (χ2n) is 8.97. The molecule has 1 aliphatic rings. The molecule has 2 nitrogen and oxygen atoms in total. The van der Waals surface area contributed by atoms with Gasteiger partial charge >= 0.3 is 0 Å². The summed E-state index contributed by atoms with van der Waals surface area (Å²) in [4.78, 5) is 0. The topological polar surface area (TPSA) is 24.1 Å². The Morgan fingerprint density at radius 1 is 1.03 bits per heavy atom. The van der Waals surface area contributed by atoms with Crippen LogP contribution >= 0.6 is 0 Å². The van der Waals surface area contributed by atoms with Crippen molar-refractivity contribution in [2.75, 3.05) is 14.1 Å². The second-order valence-corrected chi connectivity index (χ2v) is 8.97. The Morgan fingerprint density at radius 3 is 2.23 bits per heavy atom. The van der Waals surface area contributed by atoms with E-state index in [2.05, 4.69) is 16.7 Å². The first-order valence-electron chi connectivity index (χ1n) is 11.5. The Kier molecular flexibility index (Phi) is 10.8. The van der Waals surface area contributed by atoms with Gasteiger partial charge in [0.05, 0.1) is 0 Å². The van der Waals surface area contributed by atoms with E-state index in [-0.39, 0.29) is 29.1 Å². The minimum Gasteiger partial charge on any atom is -0.313 e. The highest BCUT2D eigenvalue weighted by Gasteiger charge is 2.24. The molecule has 0 aromatic heterocycles. The van der Waals surface area contributed by atoms with Gasteiger partial charge in [-0.3, -0.25) is 0 Å². The molecule has 0 saturated carbocycles. The van der Waals surface area contributed by atoms with Crippen LogP contribution in [0.15, 0.2) is 30.3 Å². The third-order valence-corrected chi connectivity index (χ3v) is 5.79. The summed E-state index contributed by atoms with van der Waals surface area (Å²) in [6, 6.07) is 9.63. The van der Waals surface area contributed by atoms with Crippen molar-refractivity contribution < 1.29 is 8.78 Å². The zero-order valence-electron chi connectivity index (χ0n) is 20.9. The zero-order valence-corrected chi connectivity index (χ0v) is 20.9. The van der Waals surface area contributed by atoms with Crippen LogP contribution < -0.4 is 10.6 Å². The van der Waals surface area contributed by atoms with Crippen molar-refractivity contribution in [3.05, 3.63) is 69.8 Å². The van der Waals surface area contributed by atoms with Crippen molar-refractivity contribution in [1.82, 2.24) is 10.6 Å². The maximum atomic E-state index is 13.9. The van der Waals surface area contributed by atoms with Gasteiger partial charge in [-0.15, -0.1) is 0 Å². The van der Waals surface area contributed by atoms with E-state index in [1.807, 2.05) is 74.7 Å². The van der Waals surface area contributed by atoms with Crippen LogP contribution in [-0.4, -0.2) is 14.1 Å². The minimum absolute atomic E-state index is 0.0125. The van der Waals surface area contributed by atoms with Crippen molar-refractivity contribution >= 4 is 0 Å². The molecule has 2 aromatic carbocycles. The first-order valence-corrected chi connectivity index (χ1v) is 11.5. The Labute approximate surface area is 188 Å². The molecule has 0 spiro atoms. The number of nitrogens with one attached hydrogen (secondary N) is 2. The van der Waals surface area contributed by atoms with E-state index >= 15 is 0 Å². The van der Waals surface area contributed by atoms with E-state index in [4.69, 9.17) is 0 Å². The molecule has 2 atom stereocenters. The van der Waals surface area contributed by atoms with Gasteiger partial charge in [-0.1, -0.05) is 58.9 Å². The SMILES string of the molecule is CC.CNC(C)c1cccc(F)c1C(C)(C)C.CNC1CCCc2ccc(C)c(F)c21. The number of rotatable bonds is 3. The van der Waals surface area contributed by atoms with Gasteiger partial charge in [-0.05, 0) is 80.9 Å². The molecular formula is C27H42F2N2. The summed E-state index contributed by atoms with van der Waals surface area (Å²) < 4.78 is 27.7. The van der Waals surface area contributed by atoms with E-state index < -0.39 is 0 Å². The van der Waals surface area contributed by atoms with Gasteiger partial charge in [-0.2, -0.15) is 0 Å². The largest absolute Gasteiger partial charge is 0.313 e. The quantitative estimate of drug-likeness (QED) is 0.538. The van der Waals surface area contributed by atoms with Crippen LogP contribution in [0, 0.1) is 18.6 Å². The van der Waals surface area contributed by atoms with E-state index in [0.29, 0.717) is 0 Å². The highest BCUT2D eigenvalue weighted by Crippen LogP contribution is 2.33. The van der Waals surface area contributed by atoms with Gasteiger partial charge in [0.1, 0.15) is 11.6 Å². The molecular weight excluding hydrogens is 390 g/mol. The van der Waals surface area contributed by atoms with Crippen molar-refractivity contribution in [3.8, 4) is 0 Å². The Hall–Kier alpha value is -1.78. The predicted octanol–water partition coefficient (Wildman–Crippen LogP) is 7.16. The van der Waals surface area contributed by atoms with Crippen LogP contribution in [0.1, 0.15) is 94.3 Å². The fourth-order valence-electron chi connectivity index (χ4n) is 4.11. The first kappa shape index (κ1) is 27.3. The highest BCUT2D eigenvalue weighted by molar-refractivity contribution is 5.38. The number of benzene rings is 2. The summed E-state index contributed by atoms with van der Waals surface area (Å²) in [5.41, 5.74) is 4.53. The Balaban J connectivity index is 0.000000287. The number of aryl methyl sites for hydroxylation is 2. The molecule has 2 unspecified atom stereocenters. The summed E-state index contributed by atoms with van der Waals surface area (Å²) in [5.74, 6) is -0.122. The lowest BCUT2D eigenvalue weighted by Crippen LogP contribution is -2.23. The summed E-state index contributed by atoms with van der Waals surface area (Å²) in [5, 5.41) is 6.34. The van der Waals surface area contributed by atoms with Crippen LogP contribution in [0.5, 0.6) is 0 Å². The van der Waals surface area contributed by atoms with E-state index in [0.717, 1.165) is 41.5 Å². The van der Waals surface area contributed by atoms with Gasteiger partial charge in [0.15, 0.2) is 0 Å². The fraction of sp³-hybridized carbons (Fsp3) is 0.556. The van der Waals surface area contributed by atoms with E-state index in [1.165, 1.54) is 11.6 Å². The Bertz CT molecular complexity index is 825. The molecule has 174 valence electrons. The second kappa shape index (κ2) is 12.3. The fourth-order valence-corrected chi connectivity index (χ4v) is 4.11. The van der Waals surface area contributed by atoms with Gasteiger partial charge < -0.3 is 10.6 Å². The van der Waals surface area contributed by atoms with Crippen LogP contribution in [0.3, 0.4) is 0 Å². The molecule has 3 rings (SSSR count). The maximum Gasteiger partial charge on any atom is 0.131 e. The smallest absolute Gasteiger partial charge is 0.131 e. The summed E-state index contributed by atoms with van der Waals surface area (Å²) in [6.45, 7) is 14.0. The molecule has 0 bridgehead atoms. The summed E-state index contributed by atoms with van der Waals surface area (Å²) >= 11 is 0. The van der Waals surface area contributed by atoms with Crippen molar-refractivity contribution in [3.63, 3.8) is 0 Å². The van der Waals surface area contributed by atoms with Gasteiger partial charge in [0, 0.05) is 17.6 Å². The predicted molar refractivity (Wildman–Crippen MR) is 130 cm³/mol. The molecule has 2 N–H and O–H groups in total. The van der Waals surface area contributed by atoms with Crippen LogP contribution in [0.2, 0.25) is 0 Å². The average Bonchev–Trinajstić information content (AvgIpc) is 2.76. The molecule has 4 heteroatoms. The first-order chi connectivity index (χ1) is 14.6. The van der Waals surface area contributed by atoms with Crippen LogP contribution in [-0.2, 0) is 11.8 Å². The molecule has 0 heterocycles. The van der Waals surface area contributed by atoms with E-state index in [9.17, 15) is 8.78 Å². The molecule has 2 aromatic rings. The van der Waals surface area contributed by atoms with Gasteiger partial charge in [-0.25, -0.2) is 8.78 Å². The summed E-state index contributed by atoms with van der Waals surface area (Å²) in [7, 11) is 3.80. The third-order valence-electron chi connectivity index (χ3n) is 5.79. The lowest BCUT2D eigenvalue weighted by atomic mass is 9.81. The molecule has 0 saturated heterocycles. The average molecular weight is 433 g/mol. The lowest BCUT2D eigenvalue weighted by molar-refractivity contribution is 0.463. The van der Waals surface area contributed by atoms with Gasteiger partial charge in [0.2, 0.25) is 0 Å². The lowest BCUT2D eigenvalue weighted by Gasteiger charge is -2.26. The van der Waals surface area contributed by atoms with Crippen LogP contribution in [0.25, 0.3) is 0 Å².